The van der Waals surface area contributed by atoms with Gasteiger partial charge >= 0.3 is 0 Å². The van der Waals surface area contributed by atoms with Crippen molar-refractivity contribution in [3.05, 3.63) is 0 Å². The molecule has 0 N–H and O–H groups in total. The number of hydrogen-bond acceptors (Lipinski definition) is 0. The van der Waals surface area contributed by atoms with Crippen molar-refractivity contribution in [2.75, 3.05) is 0 Å². The van der Waals surface area contributed by atoms with Gasteiger partial charge in [-0.05, 0) is 5.92 Å². The van der Waals surface area contributed by atoms with Crippen molar-refractivity contribution in [2.45, 2.75) is 86.0 Å². The molecule has 0 unspecified atom stereocenters. The van der Waals surface area contributed by atoms with Gasteiger partial charge in [0.1, 0.15) is 0 Å². The summed E-state index contributed by atoms with van der Waals surface area (Å²) in [6.45, 7) is 11.1. The monoisotopic (exact) mass is 200 g/mol. The summed E-state index contributed by atoms with van der Waals surface area (Å²) >= 11 is 0. The molecular formula is C14H32. The first-order valence-corrected chi connectivity index (χ1v) is 6.68. The average molecular weight is 200 g/mol. The van der Waals surface area contributed by atoms with E-state index in [1.807, 2.05) is 0 Å². The number of hydrogen-bond donors (Lipinski definition) is 0. The lowest BCUT2D eigenvalue weighted by atomic mass is 10.0. The van der Waals surface area contributed by atoms with E-state index in [9.17, 15) is 0 Å². The van der Waals surface area contributed by atoms with Gasteiger partial charge in [-0.2, -0.15) is 0 Å². The van der Waals surface area contributed by atoms with Crippen molar-refractivity contribution >= 4 is 0 Å². The van der Waals surface area contributed by atoms with Crippen LogP contribution >= 0.6 is 0 Å². The molecule has 0 aromatic heterocycles. The van der Waals surface area contributed by atoms with Gasteiger partial charge < -0.3 is 0 Å². The fraction of sp³-hybridized carbons (Fsp3) is 1.00. The van der Waals surface area contributed by atoms with Crippen LogP contribution in [0.15, 0.2) is 0 Å². The molecule has 0 atom stereocenters. The van der Waals surface area contributed by atoms with E-state index in [4.69, 9.17) is 0 Å². The molecule has 0 amide bonds. The Labute approximate surface area is 92.5 Å². The minimum absolute atomic E-state index is 0.884. The smallest absolute Gasteiger partial charge is 0.0474 e. The molecule has 0 saturated heterocycles. The Morgan fingerprint density at radius 3 is 1.07 bits per heavy atom. The Hall–Kier alpha value is 0. The van der Waals surface area contributed by atoms with Crippen molar-refractivity contribution in [1.29, 1.82) is 0 Å². The van der Waals surface area contributed by atoms with Gasteiger partial charge in [0.25, 0.3) is 0 Å². The summed E-state index contributed by atoms with van der Waals surface area (Å²) in [5.74, 6) is 0.884. The topological polar surface area (TPSA) is 0 Å². The first-order chi connectivity index (χ1) is 6.68. The van der Waals surface area contributed by atoms with E-state index in [2.05, 4.69) is 34.6 Å². The van der Waals surface area contributed by atoms with Gasteiger partial charge in [0.05, 0.1) is 0 Å². The van der Waals surface area contributed by atoms with Gasteiger partial charge in [-0.1, -0.05) is 86.0 Å². The quantitative estimate of drug-likeness (QED) is 0.539. The van der Waals surface area contributed by atoms with Crippen molar-refractivity contribution in [3.63, 3.8) is 0 Å². The molecular weight excluding hydrogens is 168 g/mol. The van der Waals surface area contributed by atoms with Gasteiger partial charge in [0.15, 0.2) is 0 Å². The molecule has 14 heavy (non-hydrogen) atoms. The molecule has 0 heteroatoms. The van der Waals surface area contributed by atoms with Crippen molar-refractivity contribution < 1.29 is 0 Å². The summed E-state index contributed by atoms with van der Waals surface area (Å²) in [4.78, 5) is 0. The maximum Gasteiger partial charge on any atom is -0.0474 e. The molecule has 1 aliphatic rings. The predicted molar refractivity (Wildman–Crippen MR) is 68.8 cm³/mol. The summed E-state index contributed by atoms with van der Waals surface area (Å²) in [5.41, 5.74) is 0. The Balaban J connectivity index is 0. The van der Waals surface area contributed by atoms with Crippen LogP contribution in [-0.2, 0) is 0 Å². The highest BCUT2D eigenvalue weighted by molar-refractivity contribution is 4.50. The molecule has 0 radical (unpaired) electrons. The van der Waals surface area contributed by atoms with Crippen molar-refractivity contribution in [1.82, 2.24) is 0 Å². The molecule has 0 bridgehead atoms. The lowest BCUT2D eigenvalue weighted by molar-refractivity contribution is 0.504. The SMILES string of the molecule is C1CCC1.CCC(C)C.CCCCC. The summed E-state index contributed by atoms with van der Waals surface area (Å²) in [6, 6.07) is 0. The van der Waals surface area contributed by atoms with E-state index in [1.54, 1.807) is 0 Å². The first-order valence-electron chi connectivity index (χ1n) is 6.68. The van der Waals surface area contributed by atoms with Gasteiger partial charge in [0.2, 0.25) is 0 Å². The Kier molecular flexibility index (Phi) is 18.2. The lowest BCUT2D eigenvalue weighted by Crippen LogP contribution is -1.85. The highest BCUT2D eigenvalue weighted by Gasteiger charge is 1.95. The second-order valence-corrected chi connectivity index (χ2v) is 4.57. The van der Waals surface area contributed by atoms with E-state index in [0.29, 0.717) is 0 Å². The molecule has 0 aliphatic heterocycles. The Morgan fingerprint density at radius 2 is 1.07 bits per heavy atom. The standard InChI is InChI=1S/2C5H12.C4H8/c1-4-5(2)3;1-3-5-4-2;1-2-4-3-1/h5H,4H2,1-3H3;3-5H2,1-2H3;1-4H2. The average Bonchev–Trinajstić information content (AvgIpc) is 2.04. The van der Waals surface area contributed by atoms with Crippen LogP contribution in [0.4, 0.5) is 0 Å². The van der Waals surface area contributed by atoms with Crippen LogP contribution in [0, 0.1) is 5.92 Å². The Morgan fingerprint density at radius 1 is 0.786 bits per heavy atom. The van der Waals surface area contributed by atoms with Gasteiger partial charge in [-0.25, -0.2) is 0 Å². The molecule has 88 valence electrons. The van der Waals surface area contributed by atoms with Crippen molar-refractivity contribution in [3.8, 4) is 0 Å². The second-order valence-electron chi connectivity index (χ2n) is 4.57. The molecule has 0 nitrogen and oxygen atoms in total. The van der Waals surface area contributed by atoms with Crippen molar-refractivity contribution in [2.24, 2.45) is 5.92 Å². The molecule has 0 aromatic carbocycles. The van der Waals surface area contributed by atoms with Crippen LogP contribution < -0.4 is 0 Å². The fourth-order valence-electron chi connectivity index (χ4n) is 0.604. The number of rotatable bonds is 3. The van der Waals surface area contributed by atoms with Crippen LogP contribution in [0.5, 0.6) is 0 Å². The molecule has 0 spiro atoms. The molecule has 0 aromatic rings. The lowest BCUT2D eigenvalue weighted by Gasteiger charge is -2.05. The summed E-state index contributed by atoms with van der Waals surface area (Å²) in [5, 5.41) is 0. The maximum absolute atomic E-state index is 2.22. The second kappa shape index (κ2) is 15.5. The zero-order valence-electron chi connectivity index (χ0n) is 11.2. The largest absolute Gasteiger partial charge is 0.0654 e. The van der Waals surface area contributed by atoms with E-state index >= 15 is 0 Å². The van der Waals surface area contributed by atoms with Crippen LogP contribution in [0.3, 0.4) is 0 Å². The van der Waals surface area contributed by atoms with Gasteiger partial charge in [-0.3, -0.25) is 0 Å². The van der Waals surface area contributed by atoms with Crippen LogP contribution in [0.25, 0.3) is 0 Å². The Bertz CT molecular complexity index is 64.1. The molecule has 1 rings (SSSR count). The highest BCUT2D eigenvalue weighted by Crippen LogP contribution is 2.15. The fourth-order valence-corrected chi connectivity index (χ4v) is 0.604. The van der Waals surface area contributed by atoms with Gasteiger partial charge in [-0.15, -0.1) is 0 Å². The zero-order chi connectivity index (χ0) is 11.2. The van der Waals surface area contributed by atoms with E-state index < -0.39 is 0 Å². The predicted octanol–water partition coefficient (Wildman–Crippen LogP) is 5.81. The minimum Gasteiger partial charge on any atom is -0.0654 e. The molecule has 1 saturated carbocycles. The maximum atomic E-state index is 2.22. The first kappa shape index (κ1) is 16.4. The molecule has 1 fully saturated rings. The summed E-state index contributed by atoms with van der Waals surface area (Å²) in [6.07, 6.45) is 11.4. The van der Waals surface area contributed by atoms with E-state index in [0.717, 1.165) is 5.92 Å². The highest BCUT2D eigenvalue weighted by atomic mass is 14.0. The van der Waals surface area contributed by atoms with Crippen LogP contribution in [-0.4, -0.2) is 0 Å². The number of unbranched alkanes of at least 4 members (excludes halogenated alkanes) is 2. The minimum atomic E-state index is 0.884. The molecule has 0 heterocycles. The van der Waals surface area contributed by atoms with Crippen LogP contribution in [0.2, 0.25) is 0 Å². The third-order valence-corrected chi connectivity index (χ3v) is 2.52. The summed E-state index contributed by atoms with van der Waals surface area (Å²) in [7, 11) is 0. The van der Waals surface area contributed by atoms with Crippen LogP contribution in [0.1, 0.15) is 86.0 Å². The zero-order valence-corrected chi connectivity index (χ0v) is 11.2. The summed E-state index contributed by atoms with van der Waals surface area (Å²) < 4.78 is 0. The normalized spacial score (nSPS) is 13.3. The molecule has 1 aliphatic carbocycles. The van der Waals surface area contributed by atoms with E-state index in [-0.39, 0.29) is 0 Å². The van der Waals surface area contributed by atoms with Gasteiger partial charge in [0, 0.05) is 0 Å². The third kappa shape index (κ3) is 22.7. The third-order valence-electron chi connectivity index (χ3n) is 2.52. The van der Waals surface area contributed by atoms with E-state index in [1.165, 1.54) is 51.4 Å².